The highest BCUT2D eigenvalue weighted by molar-refractivity contribution is 6.24. The lowest BCUT2D eigenvalue weighted by atomic mass is 9.50. The van der Waals surface area contributed by atoms with Gasteiger partial charge in [0.05, 0.1) is 27.8 Å². The molecule has 3 atom stereocenters. The third-order valence-electron chi connectivity index (χ3n) is 4.92. The molecule has 4 saturated carbocycles. The molecule has 0 spiro atoms. The number of halogens is 1. The van der Waals surface area contributed by atoms with Gasteiger partial charge in [-0.25, -0.2) is 0 Å². The Morgan fingerprint density at radius 2 is 1.61 bits per heavy atom. The van der Waals surface area contributed by atoms with Crippen molar-refractivity contribution in [1.82, 2.24) is 0 Å². The predicted molar refractivity (Wildman–Crippen MR) is 69.8 cm³/mol. The third-order valence-corrected chi connectivity index (χ3v) is 5.32. The highest BCUT2D eigenvalue weighted by Gasteiger charge is 2.68. The molecular formula is C14H23ClO3. The summed E-state index contributed by atoms with van der Waals surface area (Å²) in [5.74, 6) is 0. The third kappa shape index (κ3) is 2.00. The number of rotatable bonds is 3. The molecule has 0 aliphatic heterocycles. The smallest absolute Gasteiger partial charge is 0.0757 e. The minimum absolute atomic E-state index is 0.147. The second-order valence-corrected chi connectivity index (χ2v) is 7.98. The van der Waals surface area contributed by atoms with Gasteiger partial charge in [-0.05, 0) is 32.6 Å². The van der Waals surface area contributed by atoms with Gasteiger partial charge in [-0.3, -0.25) is 0 Å². The topological polar surface area (TPSA) is 49.7 Å². The molecule has 3 nitrogen and oxygen atoms in total. The molecule has 4 heteroatoms. The first-order valence-corrected chi connectivity index (χ1v) is 7.39. The second-order valence-electron chi connectivity index (χ2n) is 7.18. The van der Waals surface area contributed by atoms with Crippen molar-refractivity contribution >= 4 is 11.6 Å². The zero-order valence-electron chi connectivity index (χ0n) is 11.2. The monoisotopic (exact) mass is 274 g/mol. The molecule has 0 aromatic carbocycles. The number of ether oxygens (including phenoxy) is 1. The van der Waals surface area contributed by atoms with Crippen LogP contribution in [0.3, 0.4) is 0 Å². The zero-order valence-corrected chi connectivity index (χ0v) is 12.0. The summed E-state index contributed by atoms with van der Waals surface area (Å²) >= 11 is 6.63. The Balaban J connectivity index is 1.93. The zero-order chi connectivity index (χ0) is 13.2. The van der Waals surface area contributed by atoms with E-state index in [0.717, 1.165) is 12.8 Å². The first-order chi connectivity index (χ1) is 8.20. The fourth-order valence-electron chi connectivity index (χ4n) is 4.95. The minimum Gasteiger partial charge on any atom is -0.390 e. The maximum atomic E-state index is 10.7. The van der Waals surface area contributed by atoms with E-state index < -0.39 is 21.7 Å². The molecule has 4 bridgehead atoms. The van der Waals surface area contributed by atoms with Crippen LogP contribution in [0.1, 0.15) is 58.8 Å². The van der Waals surface area contributed by atoms with E-state index in [-0.39, 0.29) is 6.10 Å². The van der Waals surface area contributed by atoms with E-state index in [0.29, 0.717) is 32.1 Å². The Labute approximate surface area is 113 Å². The van der Waals surface area contributed by atoms with Crippen LogP contribution < -0.4 is 0 Å². The lowest BCUT2D eigenvalue weighted by molar-refractivity contribution is -0.270. The number of aliphatic hydroxyl groups is 2. The molecule has 4 aliphatic rings. The van der Waals surface area contributed by atoms with Crippen molar-refractivity contribution in [1.29, 1.82) is 0 Å². The summed E-state index contributed by atoms with van der Waals surface area (Å²) < 4.78 is 6.19. The molecule has 104 valence electrons. The van der Waals surface area contributed by atoms with Crippen LogP contribution in [0, 0.1) is 0 Å². The Morgan fingerprint density at radius 3 is 2.06 bits per heavy atom. The van der Waals surface area contributed by atoms with Crippen molar-refractivity contribution in [2.24, 2.45) is 0 Å². The van der Waals surface area contributed by atoms with Gasteiger partial charge in [-0.1, -0.05) is 6.92 Å². The Bertz CT molecular complexity index is 317. The summed E-state index contributed by atoms with van der Waals surface area (Å²) in [6.45, 7) is 4.14. The molecule has 4 aliphatic carbocycles. The fourth-order valence-corrected chi connectivity index (χ4v) is 5.69. The molecule has 0 heterocycles. The summed E-state index contributed by atoms with van der Waals surface area (Å²) in [6.07, 6.45) is 4.74. The predicted octanol–water partition coefficient (Wildman–Crippen LogP) is 2.36. The molecule has 18 heavy (non-hydrogen) atoms. The molecular weight excluding hydrogens is 252 g/mol. The molecule has 2 N–H and O–H groups in total. The molecule has 0 saturated heterocycles. The van der Waals surface area contributed by atoms with Gasteiger partial charge in [0.2, 0.25) is 0 Å². The van der Waals surface area contributed by atoms with Crippen LogP contribution in [0.25, 0.3) is 0 Å². The van der Waals surface area contributed by atoms with Gasteiger partial charge in [0.15, 0.2) is 0 Å². The van der Waals surface area contributed by atoms with Crippen LogP contribution in [0.2, 0.25) is 0 Å². The molecule has 4 rings (SSSR count). The fraction of sp³-hybridized carbons (Fsp3) is 1.00. The van der Waals surface area contributed by atoms with E-state index in [4.69, 9.17) is 16.3 Å². The molecule has 0 aromatic rings. The van der Waals surface area contributed by atoms with Crippen LogP contribution in [0.5, 0.6) is 0 Å². The minimum atomic E-state index is -0.835. The Morgan fingerprint density at radius 1 is 1.06 bits per heavy atom. The van der Waals surface area contributed by atoms with Crippen LogP contribution >= 0.6 is 11.6 Å². The number of alkyl halides is 1. The summed E-state index contributed by atoms with van der Waals surface area (Å²) in [5, 5.41) is 21.3. The summed E-state index contributed by atoms with van der Waals surface area (Å²) in [7, 11) is 0. The van der Waals surface area contributed by atoms with E-state index in [2.05, 4.69) is 6.92 Å². The highest BCUT2D eigenvalue weighted by atomic mass is 35.5. The molecule has 0 radical (unpaired) electrons. The van der Waals surface area contributed by atoms with E-state index in [1.165, 1.54) is 0 Å². The average molecular weight is 275 g/mol. The number of hydrogen-bond donors (Lipinski definition) is 2. The van der Waals surface area contributed by atoms with Crippen molar-refractivity contribution < 1.29 is 14.9 Å². The molecule has 4 fully saturated rings. The maximum absolute atomic E-state index is 10.7. The van der Waals surface area contributed by atoms with Crippen molar-refractivity contribution in [3.05, 3.63) is 0 Å². The standard InChI is InChI=1S/C14H23ClO3/c1-3-10(2)18-14-6-11(15)4-12(16,8-14)7-13(17,5-11)9-14/h10,16-17H,3-9H2,1-2H3. The normalized spacial score (nSPS) is 55.8. The van der Waals surface area contributed by atoms with Crippen molar-refractivity contribution in [2.45, 2.75) is 86.6 Å². The molecule has 0 amide bonds. The summed E-state index contributed by atoms with van der Waals surface area (Å²) in [6, 6.07) is 0. The molecule has 0 aromatic heterocycles. The van der Waals surface area contributed by atoms with Crippen molar-refractivity contribution in [2.75, 3.05) is 0 Å². The first-order valence-electron chi connectivity index (χ1n) is 7.01. The SMILES string of the molecule is CCC(C)OC12CC3(O)CC(O)(CC(Cl)(C3)C1)C2. The van der Waals surface area contributed by atoms with E-state index in [1.807, 2.05) is 6.92 Å². The first kappa shape index (κ1) is 13.2. The summed E-state index contributed by atoms with van der Waals surface area (Å²) in [4.78, 5) is -0.480. The van der Waals surface area contributed by atoms with Gasteiger partial charge in [0.1, 0.15) is 0 Å². The lowest BCUT2D eigenvalue weighted by Gasteiger charge is -2.65. The number of hydrogen-bond acceptors (Lipinski definition) is 3. The Kier molecular flexibility index (Phi) is 2.65. The van der Waals surface area contributed by atoms with E-state index in [1.54, 1.807) is 0 Å². The van der Waals surface area contributed by atoms with Gasteiger partial charge in [-0.15, -0.1) is 11.6 Å². The van der Waals surface area contributed by atoms with Gasteiger partial charge in [0, 0.05) is 19.3 Å². The summed E-state index contributed by atoms with van der Waals surface area (Å²) in [5.41, 5.74) is -2.09. The van der Waals surface area contributed by atoms with Crippen molar-refractivity contribution in [3.8, 4) is 0 Å². The van der Waals surface area contributed by atoms with Crippen molar-refractivity contribution in [3.63, 3.8) is 0 Å². The van der Waals surface area contributed by atoms with E-state index >= 15 is 0 Å². The van der Waals surface area contributed by atoms with Gasteiger partial charge >= 0.3 is 0 Å². The van der Waals surface area contributed by atoms with Crippen LogP contribution in [0.4, 0.5) is 0 Å². The van der Waals surface area contributed by atoms with E-state index in [9.17, 15) is 10.2 Å². The average Bonchev–Trinajstić information content (AvgIpc) is 2.08. The second kappa shape index (κ2) is 3.63. The quantitative estimate of drug-likeness (QED) is 0.777. The van der Waals surface area contributed by atoms with Gasteiger partial charge in [0.25, 0.3) is 0 Å². The molecule has 3 unspecified atom stereocenters. The lowest BCUT2D eigenvalue weighted by Crippen LogP contribution is -2.71. The largest absolute Gasteiger partial charge is 0.390 e. The maximum Gasteiger partial charge on any atom is 0.0757 e. The van der Waals surface area contributed by atoms with Crippen LogP contribution in [0.15, 0.2) is 0 Å². The van der Waals surface area contributed by atoms with Crippen LogP contribution in [-0.2, 0) is 4.74 Å². The van der Waals surface area contributed by atoms with Crippen LogP contribution in [-0.4, -0.2) is 38.0 Å². The highest BCUT2D eigenvalue weighted by Crippen LogP contribution is 2.64. The van der Waals surface area contributed by atoms with Gasteiger partial charge in [-0.2, -0.15) is 0 Å². The Hall–Kier alpha value is 0.170. The van der Waals surface area contributed by atoms with Gasteiger partial charge < -0.3 is 14.9 Å².